The van der Waals surface area contributed by atoms with Crippen molar-refractivity contribution in [3.63, 3.8) is 0 Å². The Morgan fingerprint density at radius 2 is 0.663 bits per heavy atom. The van der Waals surface area contributed by atoms with Crippen molar-refractivity contribution in [2.24, 2.45) is 0 Å². The van der Waals surface area contributed by atoms with Gasteiger partial charge < -0.3 is 40.3 Å². The quantitative estimate of drug-likeness (QED) is 0.0261. The number of hydrogen-bond acceptors (Lipinski definition) is 8. The van der Waals surface area contributed by atoms with E-state index in [1.807, 2.05) is 6.08 Å². The van der Waals surface area contributed by atoms with Crippen LogP contribution in [0.1, 0.15) is 406 Å². The molecule has 1 amide bonds. The van der Waals surface area contributed by atoms with Crippen LogP contribution in [0.3, 0.4) is 0 Å². The summed E-state index contributed by atoms with van der Waals surface area (Å²) in [6, 6.07) is -0.821. The topological polar surface area (TPSA) is 149 Å². The molecule has 1 rings (SSSR count). The maximum Gasteiger partial charge on any atom is 0.220 e. The SMILES string of the molecule is CCCCCCCCCCCCCCCCCCCCCCC/C=C/CC/C=C/C(O)C(COC1OC(CO)C(O)C(O)C1O)NC(=O)CCCCCCCCCCCCCCCCCCCCCCCCCCCCCCCCCCCCCC. The molecule has 9 heteroatoms. The average molecular weight is 1220 g/mol. The minimum Gasteiger partial charge on any atom is -0.394 e. The van der Waals surface area contributed by atoms with E-state index < -0.39 is 49.5 Å². The van der Waals surface area contributed by atoms with Crippen LogP contribution in [0, 0.1) is 0 Å². The molecule has 0 spiro atoms. The third-order valence-electron chi connectivity index (χ3n) is 18.8. The lowest BCUT2D eigenvalue weighted by Crippen LogP contribution is -2.60. The molecule has 510 valence electrons. The molecule has 9 nitrogen and oxygen atoms in total. The highest BCUT2D eigenvalue weighted by molar-refractivity contribution is 5.76. The molecule has 0 aromatic carbocycles. The van der Waals surface area contributed by atoms with Gasteiger partial charge in [0.1, 0.15) is 24.4 Å². The summed E-state index contributed by atoms with van der Waals surface area (Å²) in [6.07, 6.45) is 81.9. The third-order valence-corrected chi connectivity index (χ3v) is 18.8. The molecule has 86 heavy (non-hydrogen) atoms. The fourth-order valence-corrected chi connectivity index (χ4v) is 12.8. The summed E-state index contributed by atoms with van der Waals surface area (Å²) < 4.78 is 11.3. The Kier molecular flexibility index (Phi) is 64.0. The summed E-state index contributed by atoms with van der Waals surface area (Å²) in [5.41, 5.74) is 0. The van der Waals surface area contributed by atoms with Gasteiger partial charge >= 0.3 is 0 Å². The van der Waals surface area contributed by atoms with Gasteiger partial charge in [0.05, 0.1) is 25.4 Å². The minimum absolute atomic E-state index is 0.177. The van der Waals surface area contributed by atoms with Gasteiger partial charge in [-0.2, -0.15) is 0 Å². The summed E-state index contributed by atoms with van der Waals surface area (Å²) in [7, 11) is 0. The van der Waals surface area contributed by atoms with Crippen LogP contribution < -0.4 is 5.32 Å². The van der Waals surface area contributed by atoms with Gasteiger partial charge in [0, 0.05) is 6.42 Å². The molecule has 1 aliphatic heterocycles. The predicted molar refractivity (Wildman–Crippen MR) is 369 cm³/mol. The number of carbonyl (C=O) groups excluding carboxylic acids is 1. The normalized spacial score (nSPS) is 18.1. The van der Waals surface area contributed by atoms with Crippen molar-refractivity contribution in [1.29, 1.82) is 0 Å². The van der Waals surface area contributed by atoms with E-state index >= 15 is 0 Å². The number of amides is 1. The van der Waals surface area contributed by atoms with Crippen molar-refractivity contribution in [2.75, 3.05) is 13.2 Å². The van der Waals surface area contributed by atoms with Crippen LogP contribution in [0.5, 0.6) is 0 Å². The maximum atomic E-state index is 13.1. The lowest BCUT2D eigenvalue weighted by Gasteiger charge is -2.40. The Hall–Kier alpha value is -1.33. The van der Waals surface area contributed by atoms with Crippen molar-refractivity contribution < 1.29 is 39.8 Å². The second-order valence-electron chi connectivity index (χ2n) is 27.2. The number of hydrogen-bond donors (Lipinski definition) is 6. The van der Waals surface area contributed by atoms with Gasteiger partial charge in [-0.05, 0) is 32.1 Å². The lowest BCUT2D eigenvalue weighted by atomic mass is 9.99. The average Bonchev–Trinajstić information content (AvgIpc) is 3.65. The van der Waals surface area contributed by atoms with Crippen LogP contribution >= 0.6 is 0 Å². The molecule has 0 radical (unpaired) electrons. The molecule has 7 unspecified atom stereocenters. The number of unbranched alkanes of at least 4 members (excludes halogenated alkanes) is 57. The Balaban J connectivity index is 2.08. The largest absolute Gasteiger partial charge is 0.394 e. The van der Waals surface area contributed by atoms with E-state index in [0.29, 0.717) is 6.42 Å². The van der Waals surface area contributed by atoms with Crippen molar-refractivity contribution >= 4 is 5.91 Å². The molecule has 1 aliphatic rings. The van der Waals surface area contributed by atoms with Crippen LogP contribution in [-0.4, -0.2) is 87.5 Å². The van der Waals surface area contributed by atoms with Crippen molar-refractivity contribution in [3.05, 3.63) is 24.3 Å². The molecule has 0 aromatic heterocycles. The number of rotatable bonds is 69. The smallest absolute Gasteiger partial charge is 0.220 e. The number of allylic oxidation sites excluding steroid dienone is 3. The van der Waals surface area contributed by atoms with Crippen LogP contribution in [-0.2, 0) is 14.3 Å². The minimum atomic E-state index is -1.57. The number of aliphatic hydroxyl groups excluding tert-OH is 5. The molecule has 0 saturated carbocycles. The first kappa shape index (κ1) is 82.7. The van der Waals surface area contributed by atoms with Gasteiger partial charge in [-0.3, -0.25) is 4.79 Å². The first-order valence-corrected chi connectivity index (χ1v) is 38.6. The monoisotopic (exact) mass is 1220 g/mol. The Morgan fingerprint density at radius 1 is 0.384 bits per heavy atom. The fourth-order valence-electron chi connectivity index (χ4n) is 12.8. The van der Waals surface area contributed by atoms with E-state index in [9.17, 15) is 30.3 Å². The van der Waals surface area contributed by atoms with E-state index in [0.717, 1.165) is 38.5 Å². The zero-order chi connectivity index (χ0) is 62.1. The van der Waals surface area contributed by atoms with Crippen LogP contribution in [0.15, 0.2) is 24.3 Å². The van der Waals surface area contributed by atoms with E-state index in [-0.39, 0.29) is 12.5 Å². The van der Waals surface area contributed by atoms with Gasteiger partial charge in [-0.15, -0.1) is 0 Å². The molecule has 7 atom stereocenters. The number of aliphatic hydroxyl groups is 5. The van der Waals surface area contributed by atoms with Gasteiger partial charge in [0.2, 0.25) is 5.91 Å². The number of carbonyl (C=O) groups is 1. The van der Waals surface area contributed by atoms with Crippen LogP contribution in [0.2, 0.25) is 0 Å². The molecule has 6 N–H and O–H groups in total. The summed E-state index contributed by atoms with van der Waals surface area (Å²) in [5, 5.41) is 54.8. The third kappa shape index (κ3) is 54.4. The summed E-state index contributed by atoms with van der Waals surface area (Å²) >= 11 is 0. The van der Waals surface area contributed by atoms with Crippen LogP contribution in [0.25, 0.3) is 0 Å². The number of nitrogens with one attached hydrogen (secondary N) is 1. The summed E-state index contributed by atoms with van der Waals surface area (Å²) in [4.78, 5) is 13.1. The molecule has 1 fully saturated rings. The van der Waals surface area contributed by atoms with Gasteiger partial charge in [0.25, 0.3) is 0 Å². The van der Waals surface area contributed by atoms with Crippen LogP contribution in [0.4, 0.5) is 0 Å². The summed E-state index contributed by atoms with van der Waals surface area (Å²) in [5.74, 6) is -0.177. The van der Waals surface area contributed by atoms with Gasteiger partial charge in [0.15, 0.2) is 6.29 Å². The van der Waals surface area contributed by atoms with E-state index in [2.05, 4.69) is 31.3 Å². The standard InChI is InChI=1S/C77H149NO8/c1-3-5-7-9-11-13-15-17-19-21-23-25-27-29-31-32-33-34-35-36-37-38-39-41-43-45-47-49-51-53-55-57-59-61-63-65-67-73(81)78-70(69-85-77-76(84)75(83)74(82)72(68-79)86-77)71(80)66-64-62-60-58-56-54-52-50-48-46-44-42-40-30-28-26-24-22-20-18-16-14-12-10-8-6-4-2/h56,58,64,66,70-72,74-77,79-80,82-84H,3-55,57,59-63,65,67-69H2,1-2H3,(H,78,81)/b58-56+,66-64+. The second-order valence-corrected chi connectivity index (χ2v) is 27.2. The second kappa shape index (κ2) is 66.6. The highest BCUT2D eigenvalue weighted by Crippen LogP contribution is 2.24. The first-order chi connectivity index (χ1) is 42.3. The predicted octanol–water partition coefficient (Wildman–Crippen LogP) is 21.6. The van der Waals surface area contributed by atoms with Gasteiger partial charge in [-0.25, -0.2) is 0 Å². The molecule has 1 saturated heterocycles. The maximum absolute atomic E-state index is 13.1. The zero-order valence-corrected chi connectivity index (χ0v) is 57.4. The van der Waals surface area contributed by atoms with E-state index in [1.165, 1.54) is 347 Å². The Labute approximate surface area is 534 Å². The van der Waals surface area contributed by atoms with Crippen molar-refractivity contribution in [1.82, 2.24) is 5.32 Å². The van der Waals surface area contributed by atoms with Crippen molar-refractivity contribution in [2.45, 2.75) is 448 Å². The highest BCUT2D eigenvalue weighted by atomic mass is 16.7. The Morgan fingerprint density at radius 3 is 0.977 bits per heavy atom. The van der Waals surface area contributed by atoms with Gasteiger partial charge in [-0.1, -0.05) is 391 Å². The molecule has 0 aromatic rings. The van der Waals surface area contributed by atoms with E-state index in [4.69, 9.17) is 9.47 Å². The molecule has 1 heterocycles. The zero-order valence-electron chi connectivity index (χ0n) is 57.4. The number of ether oxygens (including phenoxy) is 2. The molecule has 0 bridgehead atoms. The highest BCUT2D eigenvalue weighted by Gasteiger charge is 2.44. The molecular weight excluding hydrogens is 1070 g/mol. The van der Waals surface area contributed by atoms with E-state index in [1.54, 1.807) is 6.08 Å². The molecule has 0 aliphatic carbocycles. The fraction of sp³-hybridized carbons (Fsp3) is 0.935. The summed E-state index contributed by atoms with van der Waals surface area (Å²) in [6.45, 7) is 3.83. The molecular formula is C77H149NO8. The van der Waals surface area contributed by atoms with Crippen molar-refractivity contribution in [3.8, 4) is 0 Å². The Bertz CT molecular complexity index is 1410. The first-order valence-electron chi connectivity index (χ1n) is 38.6. The lowest BCUT2D eigenvalue weighted by molar-refractivity contribution is -0.302.